The molecule has 2 aromatic rings. The summed E-state index contributed by atoms with van der Waals surface area (Å²) in [6.45, 7) is 10.5. The fourth-order valence-electron chi connectivity index (χ4n) is 8.31. The van der Waals surface area contributed by atoms with Crippen molar-refractivity contribution in [2.45, 2.75) is 174 Å². The number of carbonyl (C=O) groups excluding carboxylic acids is 1. The van der Waals surface area contributed by atoms with Crippen LogP contribution in [0.25, 0.3) is 0 Å². The highest BCUT2D eigenvalue weighted by Crippen LogP contribution is 2.40. The average molecular weight is 705 g/mol. The number of unbranched alkanes of at least 4 members (excludes halogenated alkanes) is 10. The third-order valence-electron chi connectivity index (χ3n) is 11.9. The minimum Gasteiger partial charge on any atom is -0.423 e. The first kappa shape index (κ1) is 39.9. The van der Waals surface area contributed by atoms with Gasteiger partial charge in [-0.3, -0.25) is 0 Å². The standard InChI is InChI=1S/C45H68O6/c1-5-7-9-11-13-15-17-40-31-47-44(49-33(40)3)38-25-21-36(22-26-38)35-19-23-37(24-20-35)43(46)51-42-29-27-39(28-30-42)45-48-32-41(34(4)50-45)18-16-14-12-10-8-6-2/h19-20,23-24,27-30,33-34,36,38,40-41,44-45H,5-18,21-22,25-26,31-32H2,1-4H3/t33-,34?,36?,38?,40+,41+,44+,45+/m0/s1. The van der Waals surface area contributed by atoms with E-state index in [0.717, 1.165) is 50.9 Å². The van der Waals surface area contributed by atoms with Gasteiger partial charge >= 0.3 is 5.97 Å². The first-order valence-electron chi connectivity index (χ1n) is 20.9. The van der Waals surface area contributed by atoms with Crippen LogP contribution < -0.4 is 4.74 Å². The van der Waals surface area contributed by atoms with E-state index in [1.165, 1.54) is 89.0 Å². The van der Waals surface area contributed by atoms with Crippen LogP contribution in [0.2, 0.25) is 0 Å². The summed E-state index contributed by atoms with van der Waals surface area (Å²) >= 11 is 0. The van der Waals surface area contributed by atoms with Gasteiger partial charge in [-0.2, -0.15) is 0 Å². The fraction of sp³-hybridized carbons (Fsp3) is 0.711. The van der Waals surface area contributed by atoms with Gasteiger partial charge in [-0.1, -0.05) is 115 Å². The molecule has 2 heterocycles. The highest BCUT2D eigenvalue weighted by molar-refractivity contribution is 5.91. The lowest BCUT2D eigenvalue weighted by atomic mass is 9.78. The number of carbonyl (C=O) groups is 1. The van der Waals surface area contributed by atoms with Crippen molar-refractivity contribution in [1.82, 2.24) is 0 Å². The lowest BCUT2D eigenvalue weighted by Gasteiger charge is -2.40. The Bertz CT molecular complexity index is 1250. The molecule has 6 heteroatoms. The zero-order chi connectivity index (χ0) is 35.8. The third kappa shape index (κ3) is 12.4. The predicted molar refractivity (Wildman–Crippen MR) is 205 cm³/mol. The van der Waals surface area contributed by atoms with Gasteiger partial charge in [0.25, 0.3) is 0 Å². The van der Waals surface area contributed by atoms with Crippen molar-refractivity contribution in [3.8, 4) is 5.75 Å². The van der Waals surface area contributed by atoms with Crippen molar-refractivity contribution in [1.29, 1.82) is 0 Å². The Labute approximate surface area is 309 Å². The molecule has 5 rings (SSSR count). The minimum absolute atomic E-state index is 0.0636. The van der Waals surface area contributed by atoms with Crippen LogP contribution in [-0.2, 0) is 18.9 Å². The summed E-state index contributed by atoms with van der Waals surface area (Å²) in [7, 11) is 0. The number of benzene rings is 2. The van der Waals surface area contributed by atoms with Crippen LogP contribution in [0, 0.1) is 17.8 Å². The first-order chi connectivity index (χ1) is 24.9. The number of ether oxygens (including phenoxy) is 5. The molecule has 3 fully saturated rings. The SMILES string of the molecule is CCCCCCCC[C@@H]1CO[C@@H](c2ccc(OC(=O)c3ccc(C4CCC([C@@H]5OC[C@@H](CCCCCCCC)[C@H](C)O5)CC4)cc3)cc2)OC1C. The monoisotopic (exact) mass is 705 g/mol. The zero-order valence-corrected chi connectivity index (χ0v) is 32.3. The van der Waals surface area contributed by atoms with Crippen molar-refractivity contribution in [2.24, 2.45) is 17.8 Å². The summed E-state index contributed by atoms with van der Waals surface area (Å²) in [5.41, 5.74) is 2.81. The molecule has 2 saturated heterocycles. The fourth-order valence-corrected chi connectivity index (χ4v) is 8.31. The lowest BCUT2D eigenvalue weighted by molar-refractivity contribution is -0.257. The Hall–Kier alpha value is -2.25. The third-order valence-corrected chi connectivity index (χ3v) is 11.9. The van der Waals surface area contributed by atoms with Gasteiger partial charge in [0.15, 0.2) is 12.6 Å². The second-order valence-corrected chi connectivity index (χ2v) is 15.9. The van der Waals surface area contributed by atoms with Crippen molar-refractivity contribution in [3.63, 3.8) is 0 Å². The largest absolute Gasteiger partial charge is 0.423 e. The molecule has 6 atom stereocenters. The number of hydrogen-bond acceptors (Lipinski definition) is 6. The molecule has 1 unspecified atom stereocenters. The highest BCUT2D eigenvalue weighted by Gasteiger charge is 2.36. The Morgan fingerprint density at radius 1 is 0.627 bits per heavy atom. The van der Waals surface area contributed by atoms with E-state index >= 15 is 0 Å². The van der Waals surface area contributed by atoms with E-state index in [9.17, 15) is 4.79 Å². The van der Waals surface area contributed by atoms with E-state index in [4.69, 9.17) is 23.7 Å². The van der Waals surface area contributed by atoms with Crippen molar-refractivity contribution in [2.75, 3.05) is 13.2 Å². The summed E-state index contributed by atoms with van der Waals surface area (Å²) in [5, 5.41) is 0. The quantitative estimate of drug-likeness (QED) is 0.0824. The molecule has 0 spiro atoms. The molecule has 3 aliphatic rings. The van der Waals surface area contributed by atoms with Crippen molar-refractivity contribution < 1.29 is 28.5 Å². The maximum Gasteiger partial charge on any atom is 0.343 e. The molecule has 51 heavy (non-hydrogen) atoms. The summed E-state index contributed by atoms with van der Waals surface area (Å²) < 4.78 is 30.9. The normalized spacial score (nSPS) is 28.4. The van der Waals surface area contributed by atoms with Crippen LogP contribution in [0.3, 0.4) is 0 Å². The first-order valence-corrected chi connectivity index (χ1v) is 20.9. The Kier molecular flexibility index (Phi) is 16.8. The maximum atomic E-state index is 13.0. The molecule has 0 radical (unpaired) electrons. The van der Waals surface area contributed by atoms with Gasteiger partial charge in [-0.15, -0.1) is 0 Å². The maximum absolute atomic E-state index is 13.0. The van der Waals surface area contributed by atoms with Crippen molar-refractivity contribution >= 4 is 5.97 Å². The molecule has 0 N–H and O–H groups in total. The molecule has 1 saturated carbocycles. The van der Waals surface area contributed by atoms with Crippen LogP contribution in [0.4, 0.5) is 0 Å². The van der Waals surface area contributed by atoms with Gasteiger partial charge in [-0.05, 0) is 88.1 Å². The highest BCUT2D eigenvalue weighted by atomic mass is 16.7. The van der Waals surface area contributed by atoms with Crippen LogP contribution in [0.15, 0.2) is 48.5 Å². The Morgan fingerprint density at radius 3 is 1.73 bits per heavy atom. The van der Waals surface area contributed by atoms with E-state index in [1.54, 1.807) is 0 Å². The molecular formula is C45H68O6. The van der Waals surface area contributed by atoms with E-state index in [-0.39, 0.29) is 30.8 Å². The molecular weight excluding hydrogens is 636 g/mol. The summed E-state index contributed by atoms with van der Waals surface area (Å²) in [4.78, 5) is 13.0. The van der Waals surface area contributed by atoms with Crippen LogP contribution in [0.5, 0.6) is 5.75 Å². The van der Waals surface area contributed by atoms with E-state index in [0.29, 0.717) is 35.0 Å². The van der Waals surface area contributed by atoms with Gasteiger partial charge in [0.05, 0.1) is 31.0 Å². The topological polar surface area (TPSA) is 63.2 Å². The van der Waals surface area contributed by atoms with Crippen LogP contribution in [-0.4, -0.2) is 37.7 Å². The second kappa shape index (κ2) is 21.5. The average Bonchev–Trinajstić information content (AvgIpc) is 3.16. The summed E-state index contributed by atoms with van der Waals surface area (Å²) in [6, 6.07) is 15.6. The molecule has 0 bridgehead atoms. The van der Waals surface area contributed by atoms with Crippen LogP contribution >= 0.6 is 0 Å². The van der Waals surface area contributed by atoms with E-state index in [2.05, 4.69) is 39.8 Å². The number of rotatable bonds is 19. The van der Waals surface area contributed by atoms with E-state index in [1.807, 2.05) is 36.4 Å². The summed E-state index contributed by atoms with van der Waals surface area (Å²) in [5.74, 6) is 2.10. The molecule has 1 aliphatic carbocycles. The minimum atomic E-state index is -0.383. The molecule has 284 valence electrons. The smallest absolute Gasteiger partial charge is 0.343 e. The molecule has 0 amide bonds. The Morgan fingerprint density at radius 2 is 1.16 bits per heavy atom. The van der Waals surface area contributed by atoms with Gasteiger partial charge in [0.1, 0.15) is 5.75 Å². The van der Waals surface area contributed by atoms with Gasteiger partial charge in [-0.25, -0.2) is 4.79 Å². The molecule has 2 aromatic carbocycles. The lowest BCUT2D eigenvalue weighted by Crippen LogP contribution is -2.42. The molecule has 6 nitrogen and oxygen atoms in total. The predicted octanol–water partition coefficient (Wildman–Crippen LogP) is 12.1. The summed E-state index contributed by atoms with van der Waals surface area (Å²) in [6.07, 6.45) is 22.7. The van der Waals surface area contributed by atoms with Gasteiger partial charge in [0.2, 0.25) is 0 Å². The van der Waals surface area contributed by atoms with Crippen LogP contribution in [0.1, 0.15) is 177 Å². The zero-order valence-electron chi connectivity index (χ0n) is 32.3. The Balaban J connectivity index is 0.995. The molecule has 0 aromatic heterocycles. The van der Waals surface area contributed by atoms with Gasteiger partial charge < -0.3 is 23.7 Å². The molecule has 2 aliphatic heterocycles. The van der Waals surface area contributed by atoms with Crippen molar-refractivity contribution in [3.05, 3.63) is 65.2 Å². The van der Waals surface area contributed by atoms with E-state index < -0.39 is 0 Å². The second-order valence-electron chi connectivity index (χ2n) is 15.9. The van der Waals surface area contributed by atoms with Gasteiger partial charge in [0, 0.05) is 23.3 Å². The number of hydrogen-bond donors (Lipinski definition) is 0. The number of esters is 1.